The summed E-state index contributed by atoms with van der Waals surface area (Å²) in [7, 11) is 1.64. The summed E-state index contributed by atoms with van der Waals surface area (Å²) in [5.41, 5.74) is 3.14. The van der Waals surface area contributed by atoms with Gasteiger partial charge in [0.05, 0.1) is 18.2 Å². The molecule has 4 aromatic rings. The Morgan fingerprint density at radius 3 is 2.04 bits per heavy atom. The fraction of sp³-hybridized carbons (Fsp3) is 0.0800. The van der Waals surface area contributed by atoms with Crippen molar-refractivity contribution in [2.75, 3.05) is 7.11 Å². The lowest BCUT2D eigenvalue weighted by Gasteiger charge is -2.36. The van der Waals surface area contributed by atoms with Crippen molar-refractivity contribution in [3.05, 3.63) is 108 Å². The molecule has 0 unspecified atom stereocenters. The lowest BCUT2D eigenvalue weighted by Crippen LogP contribution is -2.34. The Bertz CT molecular complexity index is 1130. The smallest absolute Gasteiger partial charge is 0.224 e. The minimum absolute atomic E-state index is 0.569. The van der Waals surface area contributed by atoms with Crippen molar-refractivity contribution < 1.29 is 9.47 Å². The van der Waals surface area contributed by atoms with Crippen LogP contribution in [0.5, 0.6) is 11.6 Å². The van der Waals surface area contributed by atoms with E-state index in [2.05, 4.69) is 41.4 Å². The lowest BCUT2D eigenvalue weighted by atomic mass is 9.83. The number of hydrogen-bond donors (Lipinski definition) is 0. The Labute approximate surface area is 163 Å². The van der Waals surface area contributed by atoms with Gasteiger partial charge in [0.15, 0.2) is 5.60 Å². The van der Waals surface area contributed by atoms with Crippen LogP contribution in [-0.4, -0.2) is 12.1 Å². The predicted molar refractivity (Wildman–Crippen MR) is 112 cm³/mol. The van der Waals surface area contributed by atoms with Crippen LogP contribution in [0.3, 0.4) is 0 Å². The maximum absolute atomic E-state index is 6.84. The summed E-state index contributed by atoms with van der Waals surface area (Å²) in [5, 5.41) is 0.971. The Balaban J connectivity index is 1.81. The normalized spacial score (nSPS) is 14.3. The maximum atomic E-state index is 6.84. The van der Waals surface area contributed by atoms with Gasteiger partial charge >= 0.3 is 0 Å². The summed E-state index contributed by atoms with van der Waals surface area (Å²) < 4.78 is 12.4. The van der Waals surface area contributed by atoms with Gasteiger partial charge in [0.1, 0.15) is 5.75 Å². The molecule has 3 nitrogen and oxygen atoms in total. The molecule has 1 aliphatic heterocycles. The lowest BCUT2D eigenvalue weighted by molar-refractivity contribution is 0.162. The van der Waals surface area contributed by atoms with Crippen LogP contribution >= 0.6 is 0 Å². The number of rotatable bonds is 3. The molecule has 0 atom stereocenters. The van der Waals surface area contributed by atoms with Gasteiger partial charge in [0.25, 0.3) is 0 Å². The summed E-state index contributed by atoms with van der Waals surface area (Å²) >= 11 is 0. The van der Waals surface area contributed by atoms with Crippen molar-refractivity contribution in [1.29, 1.82) is 0 Å². The van der Waals surface area contributed by atoms with Gasteiger partial charge in [-0.3, -0.25) is 0 Å². The van der Waals surface area contributed by atoms with E-state index in [9.17, 15) is 0 Å². The first-order chi connectivity index (χ1) is 13.8. The largest absolute Gasteiger partial charge is 0.480 e. The average molecular weight is 365 g/mol. The van der Waals surface area contributed by atoms with Gasteiger partial charge in [0, 0.05) is 16.5 Å². The highest BCUT2D eigenvalue weighted by atomic mass is 16.5. The van der Waals surface area contributed by atoms with Crippen LogP contribution in [0.15, 0.2) is 91.0 Å². The van der Waals surface area contributed by atoms with Gasteiger partial charge in [-0.05, 0) is 24.3 Å². The molecule has 0 amide bonds. The summed E-state index contributed by atoms with van der Waals surface area (Å²) in [6, 6.07) is 28.6. The summed E-state index contributed by atoms with van der Waals surface area (Å²) in [4.78, 5) is 4.65. The molecule has 28 heavy (non-hydrogen) atoms. The standard InChI is InChI=1S/C25H19NO2/c1-27-24-21-16-17-25(18-10-4-2-5-11-18,19-12-6-3-7-13-19)28-23(21)20-14-8-9-15-22(20)26-24/h2-17H,1H3. The quantitative estimate of drug-likeness (QED) is 0.474. The third-order valence-electron chi connectivity index (χ3n) is 5.19. The van der Waals surface area contributed by atoms with Gasteiger partial charge in [0.2, 0.25) is 5.88 Å². The van der Waals surface area contributed by atoms with Crippen LogP contribution in [0.4, 0.5) is 0 Å². The van der Waals surface area contributed by atoms with Crippen LogP contribution in [0.2, 0.25) is 0 Å². The van der Waals surface area contributed by atoms with Crippen molar-refractivity contribution in [2.24, 2.45) is 0 Å². The number of nitrogens with zero attached hydrogens (tertiary/aromatic N) is 1. The Kier molecular flexibility index (Phi) is 3.87. The molecule has 1 aromatic heterocycles. The second-order valence-electron chi connectivity index (χ2n) is 6.78. The van der Waals surface area contributed by atoms with Gasteiger partial charge < -0.3 is 9.47 Å². The van der Waals surface area contributed by atoms with Crippen LogP contribution < -0.4 is 9.47 Å². The molecular formula is C25H19NO2. The maximum Gasteiger partial charge on any atom is 0.224 e. The molecule has 3 heteroatoms. The Morgan fingerprint density at radius 1 is 0.786 bits per heavy atom. The molecule has 0 radical (unpaired) electrons. The molecule has 136 valence electrons. The fourth-order valence-corrected chi connectivity index (χ4v) is 3.83. The Morgan fingerprint density at radius 2 is 1.39 bits per heavy atom. The minimum Gasteiger partial charge on any atom is -0.480 e. The van der Waals surface area contributed by atoms with Crippen molar-refractivity contribution in [3.8, 4) is 11.6 Å². The number of fused-ring (bicyclic) bond motifs is 3. The van der Waals surface area contributed by atoms with Gasteiger partial charge in [-0.25, -0.2) is 4.98 Å². The first kappa shape index (κ1) is 16.6. The van der Waals surface area contributed by atoms with E-state index in [1.54, 1.807) is 7.11 Å². The number of pyridine rings is 1. The second kappa shape index (κ2) is 6.54. The van der Waals surface area contributed by atoms with Crippen molar-refractivity contribution in [1.82, 2.24) is 4.98 Å². The third kappa shape index (κ3) is 2.48. The zero-order valence-electron chi connectivity index (χ0n) is 15.5. The molecule has 0 saturated carbocycles. The van der Waals surface area contributed by atoms with Crippen molar-refractivity contribution in [3.63, 3.8) is 0 Å². The number of benzene rings is 3. The number of ether oxygens (including phenoxy) is 2. The zero-order valence-corrected chi connectivity index (χ0v) is 15.5. The monoisotopic (exact) mass is 365 g/mol. The SMILES string of the molecule is COc1nc2ccccc2c2c1C=CC(c1ccccc1)(c1ccccc1)O2. The molecule has 5 rings (SSSR count). The number of aromatic nitrogens is 1. The van der Waals surface area contributed by atoms with Gasteiger partial charge in [-0.15, -0.1) is 0 Å². The number of hydrogen-bond acceptors (Lipinski definition) is 3. The highest BCUT2D eigenvalue weighted by Gasteiger charge is 2.38. The zero-order chi connectivity index (χ0) is 19.0. The first-order valence-electron chi connectivity index (χ1n) is 9.28. The van der Waals surface area contributed by atoms with Crippen molar-refractivity contribution >= 4 is 17.0 Å². The molecular weight excluding hydrogens is 346 g/mol. The van der Waals surface area contributed by atoms with E-state index >= 15 is 0 Å². The fourth-order valence-electron chi connectivity index (χ4n) is 3.83. The van der Waals surface area contributed by atoms with Crippen LogP contribution in [0.1, 0.15) is 16.7 Å². The Hall–Kier alpha value is -3.59. The summed E-state index contributed by atoms with van der Waals surface area (Å²) in [6.45, 7) is 0. The highest BCUT2D eigenvalue weighted by Crippen LogP contribution is 2.46. The van der Waals surface area contributed by atoms with Crippen LogP contribution in [0, 0.1) is 0 Å². The molecule has 0 N–H and O–H groups in total. The molecule has 0 aliphatic carbocycles. The van der Waals surface area contributed by atoms with E-state index in [0.717, 1.165) is 33.3 Å². The number of para-hydroxylation sites is 1. The molecule has 0 spiro atoms. The third-order valence-corrected chi connectivity index (χ3v) is 5.19. The summed E-state index contributed by atoms with van der Waals surface area (Å²) in [5.74, 6) is 1.36. The number of methoxy groups -OCH3 is 1. The molecule has 1 aliphatic rings. The molecule has 0 bridgehead atoms. The van der Waals surface area contributed by atoms with Gasteiger partial charge in [-0.2, -0.15) is 0 Å². The minimum atomic E-state index is -0.718. The highest BCUT2D eigenvalue weighted by molar-refractivity contribution is 5.91. The van der Waals surface area contributed by atoms with Crippen molar-refractivity contribution in [2.45, 2.75) is 5.60 Å². The van der Waals surface area contributed by atoms with Gasteiger partial charge in [-0.1, -0.05) is 72.8 Å². The van der Waals surface area contributed by atoms with E-state index < -0.39 is 5.60 Å². The topological polar surface area (TPSA) is 31.4 Å². The summed E-state index contributed by atoms with van der Waals surface area (Å²) in [6.07, 6.45) is 4.16. The van der Waals surface area contributed by atoms with E-state index in [0.29, 0.717) is 5.88 Å². The molecule has 0 fully saturated rings. The molecule has 2 heterocycles. The van der Waals surface area contributed by atoms with Crippen LogP contribution in [0.25, 0.3) is 17.0 Å². The van der Waals surface area contributed by atoms with E-state index in [1.165, 1.54) is 0 Å². The van der Waals surface area contributed by atoms with E-state index in [4.69, 9.17) is 9.47 Å². The second-order valence-corrected chi connectivity index (χ2v) is 6.78. The average Bonchev–Trinajstić information content (AvgIpc) is 2.79. The van der Waals surface area contributed by atoms with E-state index in [-0.39, 0.29) is 0 Å². The molecule has 3 aromatic carbocycles. The van der Waals surface area contributed by atoms with E-state index in [1.807, 2.05) is 60.7 Å². The predicted octanol–water partition coefficient (Wildman–Crippen LogP) is 5.59. The van der Waals surface area contributed by atoms with Crippen LogP contribution in [-0.2, 0) is 5.60 Å². The first-order valence-corrected chi connectivity index (χ1v) is 9.28. The molecule has 0 saturated heterocycles.